The Morgan fingerprint density at radius 1 is 1.50 bits per heavy atom. The average molecular weight is 277 g/mol. The molecular weight excluding hydrogens is 257 g/mol. The molecule has 108 valence electrons. The van der Waals surface area contributed by atoms with E-state index in [1.165, 1.54) is 12.4 Å². The van der Waals surface area contributed by atoms with Gasteiger partial charge in [0.2, 0.25) is 0 Å². The number of allylic oxidation sites excluding steroid dienone is 1. The number of hydrogen-bond acceptors (Lipinski definition) is 5. The van der Waals surface area contributed by atoms with Gasteiger partial charge in [0.15, 0.2) is 5.82 Å². The van der Waals surface area contributed by atoms with Gasteiger partial charge in [0.25, 0.3) is 0 Å². The normalized spacial score (nSPS) is 17.4. The van der Waals surface area contributed by atoms with Crippen LogP contribution in [0.4, 0.5) is 10.2 Å². The third-order valence-electron chi connectivity index (χ3n) is 3.38. The molecule has 2 rings (SSSR count). The van der Waals surface area contributed by atoms with Crippen molar-refractivity contribution >= 4 is 11.5 Å². The summed E-state index contributed by atoms with van der Waals surface area (Å²) in [6.07, 6.45) is 2.69. The van der Waals surface area contributed by atoms with Crippen molar-refractivity contribution in [1.82, 2.24) is 10.3 Å². The van der Waals surface area contributed by atoms with Crippen LogP contribution in [0.3, 0.4) is 0 Å². The Hall–Kier alpha value is -1.95. The lowest BCUT2D eigenvalue weighted by Gasteiger charge is -2.28. The molecule has 1 aromatic rings. The zero-order chi connectivity index (χ0) is 14.5. The quantitative estimate of drug-likeness (QED) is 0.806. The number of rotatable bonds is 3. The monoisotopic (exact) mass is 277 g/mol. The van der Waals surface area contributed by atoms with E-state index in [2.05, 4.69) is 20.2 Å². The molecule has 1 saturated heterocycles. The summed E-state index contributed by atoms with van der Waals surface area (Å²) in [5.74, 6) is 0.388. The van der Waals surface area contributed by atoms with Crippen molar-refractivity contribution in [2.45, 2.75) is 6.92 Å². The van der Waals surface area contributed by atoms with E-state index in [1.807, 2.05) is 6.92 Å². The molecule has 3 N–H and O–H groups in total. The van der Waals surface area contributed by atoms with E-state index in [4.69, 9.17) is 5.73 Å². The van der Waals surface area contributed by atoms with Crippen LogP contribution >= 0.6 is 0 Å². The zero-order valence-corrected chi connectivity index (χ0v) is 11.9. The van der Waals surface area contributed by atoms with E-state index in [-0.39, 0.29) is 5.82 Å². The molecule has 0 aromatic carbocycles. The summed E-state index contributed by atoms with van der Waals surface area (Å²) >= 11 is 0. The first kappa shape index (κ1) is 14.5. The number of nitrogens with two attached hydrogens (primary N) is 1. The second-order valence-corrected chi connectivity index (χ2v) is 4.68. The second-order valence-electron chi connectivity index (χ2n) is 4.68. The van der Waals surface area contributed by atoms with Crippen LogP contribution in [0.1, 0.15) is 12.5 Å². The summed E-state index contributed by atoms with van der Waals surface area (Å²) in [5, 5.41) is 3.28. The molecule has 0 atom stereocenters. The number of aromatic nitrogens is 1. The highest BCUT2D eigenvalue weighted by Gasteiger charge is 2.17. The number of nitrogens with zero attached hydrogens (tertiary/aromatic N) is 3. The molecule has 20 heavy (non-hydrogen) atoms. The number of anilines is 1. The number of nitrogens with one attached hydrogen (secondary N) is 1. The highest BCUT2D eigenvalue weighted by atomic mass is 19.1. The van der Waals surface area contributed by atoms with Crippen LogP contribution in [0.25, 0.3) is 0 Å². The van der Waals surface area contributed by atoms with Crippen LogP contribution < -0.4 is 16.0 Å². The van der Waals surface area contributed by atoms with Crippen LogP contribution in [-0.2, 0) is 0 Å². The Bertz CT molecular complexity index is 532. The fourth-order valence-electron chi connectivity index (χ4n) is 2.26. The molecule has 0 saturated carbocycles. The van der Waals surface area contributed by atoms with Crippen molar-refractivity contribution < 1.29 is 4.39 Å². The maximum atomic E-state index is 14.0. The van der Waals surface area contributed by atoms with Gasteiger partial charge in [0, 0.05) is 38.8 Å². The van der Waals surface area contributed by atoms with Crippen LogP contribution in [0, 0.1) is 5.82 Å². The van der Waals surface area contributed by atoms with Gasteiger partial charge in [-0.3, -0.25) is 4.99 Å². The van der Waals surface area contributed by atoms with Gasteiger partial charge < -0.3 is 16.0 Å². The summed E-state index contributed by atoms with van der Waals surface area (Å²) in [7, 11) is 1.63. The van der Waals surface area contributed by atoms with Crippen molar-refractivity contribution in [2.75, 3.05) is 38.1 Å². The number of piperazine rings is 1. The molecule has 5 nitrogen and oxygen atoms in total. The van der Waals surface area contributed by atoms with Gasteiger partial charge in [-0.05, 0) is 24.8 Å². The maximum absolute atomic E-state index is 14.0. The zero-order valence-electron chi connectivity index (χ0n) is 11.9. The summed E-state index contributed by atoms with van der Waals surface area (Å²) in [5.41, 5.74) is 7.26. The van der Waals surface area contributed by atoms with Crippen molar-refractivity contribution in [3.05, 3.63) is 35.4 Å². The minimum Gasteiger partial charge on any atom is -0.404 e. The molecule has 1 fully saturated rings. The fraction of sp³-hybridized carbons (Fsp3) is 0.429. The summed E-state index contributed by atoms with van der Waals surface area (Å²) < 4.78 is 14.0. The largest absolute Gasteiger partial charge is 0.404 e. The van der Waals surface area contributed by atoms with Gasteiger partial charge in [-0.25, -0.2) is 9.37 Å². The van der Waals surface area contributed by atoms with Crippen LogP contribution in [0.5, 0.6) is 0 Å². The van der Waals surface area contributed by atoms with Crippen LogP contribution in [-0.4, -0.2) is 43.9 Å². The lowest BCUT2D eigenvalue weighted by molar-refractivity contribution is 0.580. The smallest absolute Gasteiger partial charge is 0.151 e. The number of halogens is 1. The topological polar surface area (TPSA) is 66.5 Å². The Labute approximate surface area is 118 Å². The Morgan fingerprint density at radius 2 is 2.20 bits per heavy atom. The SMILES string of the molecule is CN=C(C(C)=CN)c1cc(N2CCNCC2)ncc1F. The molecule has 0 spiro atoms. The highest BCUT2D eigenvalue weighted by molar-refractivity contribution is 6.12. The molecule has 2 heterocycles. The highest BCUT2D eigenvalue weighted by Crippen LogP contribution is 2.19. The summed E-state index contributed by atoms with van der Waals surface area (Å²) in [6, 6.07) is 1.75. The van der Waals surface area contributed by atoms with E-state index in [1.54, 1.807) is 13.1 Å². The lowest BCUT2D eigenvalue weighted by Crippen LogP contribution is -2.44. The molecule has 1 aromatic heterocycles. The summed E-state index contributed by atoms with van der Waals surface area (Å²) in [4.78, 5) is 10.5. The van der Waals surface area contributed by atoms with E-state index in [0.29, 0.717) is 11.3 Å². The first-order valence-corrected chi connectivity index (χ1v) is 6.64. The third-order valence-corrected chi connectivity index (χ3v) is 3.38. The second kappa shape index (κ2) is 6.47. The molecular formula is C14H20FN5. The first-order chi connectivity index (χ1) is 9.67. The van der Waals surface area contributed by atoms with Gasteiger partial charge in [-0.2, -0.15) is 0 Å². The Morgan fingerprint density at radius 3 is 2.80 bits per heavy atom. The predicted molar refractivity (Wildman–Crippen MR) is 79.7 cm³/mol. The van der Waals surface area contributed by atoms with Gasteiger partial charge >= 0.3 is 0 Å². The number of pyridine rings is 1. The van der Waals surface area contributed by atoms with E-state index < -0.39 is 0 Å². The average Bonchev–Trinajstić information content (AvgIpc) is 2.50. The first-order valence-electron chi connectivity index (χ1n) is 6.64. The van der Waals surface area contributed by atoms with Gasteiger partial charge in [0.05, 0.1) is 11.9 Å². The standard InChI is InChI=1S/C14H20FN5/c1-10(8-16)14(17-2)11-7-13(19-9-12(11)15)20-5-3-18-4-6-20/h7-9,18H,3-6,16H2,1-2H3. The van der Waals surface area contributed by atoms with Gasteiger partial charge in [-0.15, -0.1) is 0 Å². The third kappa shape index (κ3) is 2.96. The van der Waals surface area contributed by atoms with Crippen LogP contribution in [0.2, 0.25) is 0 Å². The van der Waals surface area contributed by atoms with E-state index >= 15 is 0 Å². The van der Waals surface area contributed by atoms with Crippen molar-refractivity contribution in [3.8, 4) is 0 Å². The Balaban J connectivity index is 2.38. The fourth-order valence-corrected chi connectivity index (χ4v) is 2.26. The molecule has 6 heteroatoms. The minimum atomic E-state index is -0.384. The van der Waals surface area contributed by atoms with Crippen LogP contribution in [0.15, 0.2) is 29.0 Å². The predicted octanol–water partition coefficient (Wildman–Crippen LogP) is 0.912. The van der Waals surface area contributed by atoms with Crippen molar-refractivity contribution in [1.29, 1.82) is 0 Å². The number of hydrogen-bond donors (Lipinski definition) is 2. The molecule has 0 radical (unpaired) electrons. The van der Waals surface area contributed by atoms with E-state index in [0.717, 1.165) is 37.6 Å². The maximum Gasteiger partial charge on any atom is 0.151 e. The van der Waals surface area contributed by atoms with E-state index in [9.17, 15) is 4.39 Å². The van der Waals surface area contributed by atoms with Gasteiger partial charge in [0.1, 0.15) is 5.82 Å². The van der Waals surface area contributed by atoms with Gasteiger partial charge in [-0.1, -0.05) is 0 Å². The molecule has 0 bridgehead atoms. The molecule has 1 aliphatic rings. The minimum absolute atomic E-state index is 0.384. The number of aliphatic imine (C=N–C) groups is 1. The molecule has 0 amide bonds. The summed E-state index contributed by atoms with van der Waals surface area (Å²) in [6.45, 7) is 5.35. The lowest BCUT2D eigenvalue weighted by atomic mass is 10.0. The molecule has 1 aliphatic heterocycles. The van der Waals surface area contributed by atoms with Crippen molar-refractivity contribution in [3.63, 3.8) is 0 Å². The van der Waals surface area contributed by atoms with Crippen molar-refractivity contribution in [2.24, 2.45) is 10.7 Å². The Kier molecular flexibility index (Phi) is 4.68. The molecule has 0 aliphatic carbocycles. The molecule has 0 unspecified atom stereocenters.